The van der Waals surface area contributed by atoms with Gasteiger partial charge in [0.1, 0.15) is 0 Å². The van der Waals surface area contributed by atoms with Crippen LogP contribution in [0.1, 0.15) is 19.8 Å². The van der Waals surface area contributed by atoms with Crippen LogP contribution in [0.25, 0.3) is 0 Å². The van der Waals surface area contributed by atoms with Gasteiger partial charge in [-0.25, -0.2) is 0 Å². The highest BCUT2D eigenvalue weighted by Crippen LogP contribution is 2.32. The zero-order valence-electron chi connectivity index (χ0n) is 9.58. The van der Waals surface area contributed by atoms with Crippen LogP contribution in [0.3, 0.4) is 0 Å². The molecule has 0 saturated carbocycles. The first-order valence-corrected chi connectivity index (χ1v) is 7.06. The van der Waals surface area contributed by atoms with Crippen LogP contribution in [-0.4, -0.2) is 54.3 Å². The smallest absolute Gasteiger partial charge is 0.0484 e. The van der Waals surface area contributed by atoms with E-state index < -0.39 is 0 Å². The Morgan fingerprint density at radius 3 is 2.80 bits per heavy atom. The molecule has 2 aliphatic heterocycles. The van der Waals surface area contributed by atoms with E-state index in [1.807, 2.05) is 0 Å². The molecule has 0 aromatic carbocycles. The zero-order valence-corrected chi connectivity index (χ0v) is 10.4. The number of ether oxygens (including phenoxy) is 1. The molecule has 15 heavy (non-hydrogen) atoms. The van der Waals surface area contributed by atoms with Gasteiger partial charge in [-0.1, -0.05) is 0 Å². The first kappa shape index (κ1) is 11.7. The first-order valence-electron chi connectivity index (χ1n) is 5.91. The lowest BCUT2D eigenvalue weighted by molar-refractivity contribution is -0.0353. The Morgan fingerprint density at radius 2 is 2.20 bits per heavy atom. The molecule has 2 rings (SSSR count). The molecule has 2 aliphatic rings. The minimum absolute atomic E-state index is 0.235. The Hall–Kier alpha value is 0.230. The molecule has 0 aromatic heterocycles. The summed E-state index contributed by atoms with van der Waals surface area (Å²) in [6.07, 6.45) is 2.22. The maximum Gasteiger partial charge on any atom is 0.0484 e. The maximum atomic E-state index is 6.03. The van der Waals surface area contributed by atoms with Crippen molar-refractivity contribution in [1.82, 2.24) is 4.90 Å². The Bertz CT molecular complexity index is 207. The van der Waals surface area contributed by atoms with E-state index in [0.29, 0.717) is 6.04 Å². The molecule has 0 spiro atoms. The van der Waals surface area contributed by atoms with Crippen LogP contribution in [0.5, 0.6) is 0 Å². The van der Waals surface area contributed by atoms with Crippen molar-refractivity contribution in [1.29, 1.82) is 0 Å². The molecule has 0 bridgehead atoms. The average molecular weight is 230 g/mol. The molecule has 1 atom stereocenters. The number of rotatable bonds is 2. The van der Waals surface area contributed by atoms with Gasteiger partial charge < -0.3 is 10.5 Å². The van der Waals surface area contributed by atoms with E-state index in [0.717, 1.165) is 32.6 Å². The number of nitrogens with two attached hydrogens (primary N) is 1. The highest BCUT2D eigenvalue weighted by Gasteiger charge is 2.40. The highest BCUT2D eigenvalue weighted by atomic mass is 32.2. The second kappa shape index (κ2) is 5.04. The molecular weight excluding hydrogens is 208 g/mol. The van der Waals surface area contributed by atoms with Crippen LogP contribution < -0.4 is 5.73 Å². The van der Waals surface area contributed by atoms with E-state index in [2.05, 4.69) is 23.6 Å². The van der Waals surface area contributed by atoms with Gasteiger partial charge in [0, 0.05) is 49.4 Å². The molecule has 2 saturated heterocycles. The largest absolute Gasteiger partial charge is 0.381 e. The molecule has 4 heteroatoms. The summed E-state index contributed by atoms with van der Waals surface area (Å²) in [5, 5.41) is 0. The summed E-state index contributed by atoms with van der Waals surface area (Å²) in [5.41, 5.74) is 6.26. The fourth-order valence-electron chi connectivity index (χ4n) is 2.79. The molecule has 0 radical (unpaired) electrons. The van der Waals surface area contributed by atoms with Crippen molar-refractivity contribution in [3.05, 3.63) is 0 Å². The summed E-state index contributed by atoms with van der Waals surface area (Å²) in [4.78, 5) is 2.64. The molecule has 2 heterocycles. The lowest BCUT2D eigenvalue weighted by Crippen LogP contribution is -2.61. The number of hydrogen-bond acceptors (Lipinski definition) is 4. The monoisotopic (exact) mass is 230 g/mol. The van der Waals surface area contributed by atoms with Crippen LogP contribution in [0.15, 0.2) is 0 Å². The molecular formula is C11H22N2OS. The molecule has 2 fully saturated rings. The van der Waals surface area contributed by atoms with Crippen LogP contribution >= 0.6 is 11.8 Å². The van der Waals surface area contributed by atoms with Gasteiger partial charge in [-0.05, 0) is 19.8 Å². The molecule has 2 N–H and O–H groups in total. The standard InChI is InChI=1S/C11H22N2OS/c1-10-8-15-7-4-13(10)11(9-12)2-5-14-6-3-11/h10H,2-9,12H2,1H3. The summed E-state index contributed by atoms with van der Waals surface area (Å²) in [7, 11) is 0. The summed E-state index contributed by atoms with van der Waals surface area (Å²) in [6.45, 7) is 6.08. The lowest BCUT2D eigenvalue weighted by Gasteiger charge is -2.50. The van der Waals surface area contributed by atoms with Gasteiger partial charge in [-0.3, -0.25) is 4.90 Å². The van der Waals surface area contributed by atoms with Crippen molar-refractivity contribution >= 4 is 11.8 Å². The highest BCUT2D eigenvalue weighted by molar-refractivity contribution is 7.99. The fourth-order valence-corrected chi connectivity index (χ4v) is 3.81. The van der Waals surface area contributed by atoms with Gasteiger partial charge in [0.05, 0.1) is 0 Å². The number of hydrogen-bond donors (Lipinski definition) is 1. The average Bonchev–Trinajstić information content (AvgIpc) is 2.30. The SMILES string of the molecule is CC1CSCCN1C1(CN)CCOCC1. The molecule has 0 aromatic rings. The Labute approximate surface area is 96.7 Å². The molecule has 88 valence electrons. The third-order valence-corrected chi connectivity index (χ3v) is 4.97. The predicted molar refractivity (Wildman–Crippen MR) is 65.3 cm³/mol. The maximum absolute atomic E-state index is 6.03. The Balaban J connectivity index is 2.08. The Kier molecular flexibility index (Phi) is 3.93. The molecule has 1 unspecified atom stereocenters. The van der Waals surface area contributed by atoms with Crippen LogP contribution in [0.2, 0.25) is 0 Å². The van der Waals surface area contributed by atoms with Crippen LogP contribution in [0, 0.1) is 0 Å². The summed E-state index contributed by atoms with van der Waals surface area (Å²) < 4.78 is 5.47. The normalized spacial score (nSPS) is 32.8. The van der Waals surface area contributed by atoms with Crippen molar-refractivity contribution in [2.24, 2.45) is 5.73 Å². The van der Waals surface area contributed by atoms with E-state index in [4.69, 9.17) is 10.5 Å². The van der Waals surface area contributed by atoms with Gasteiger partial charge in [0.15, 0.2) is 0 Å². The number of thioether (sulfide) groups is 1. The van der Waals surface area contributed by atoms with Crippen molar-refractivity contribution in [3.63, 3.8) is 0 Å². The van der Waals surface area contributed by atoms with E-state index >= 15 is 0 Å². The minimum atomic E-state index is 0.235. The lowest BCUT2D eigenvalue weighted by atomic mass is 9.87. The van der Waals surface area contributed by atoms with Crippen molar-refractivity contribution in [2.45, 2.75) is 31.3 Å². The second-order valence-corrected chi connectivity index (χ2v) is 5.81. The van der Waals surface area contributed by atoms with Crippen molar-refractivity contribution < 1.29 is 4.74 Å². The predicted octanol–water partition coefficient (Wildman–Crippen LogP) is 0.932. The topological polar surface area (TPSA) is 38.5 Å². The van der Waals surface area contributed by atoms with Gasteiger partial charge in [-0.15, -0.1) is 0 Å². The van der Waals surface area contributed by atoms with Crippen LogP contribution in [0.4, 0.5) is 0 Å². The summed E-state index contributed by atoms with van der Waals surface area (Å²) in [5.74, 6) is 2.51. The third-order valence-electron chi connectivity index (χ3n) is 3.78. The third kappa shape index (κ3) is 2.33. The fraction of sp³-hybridized carbons (Fsp3) is 1.00. The molecule has 3 nitrogen and oxygen atoms in total. The van der Waals surface area contributed by atoms with Gasteiger partial charge >= 0.3 is 0 Å². The molecule has 0 amide bonds. The summed E-state index contributed by atoms with van der Waals surface area (Å²) in [6, 6.07) is 0.672. The second-order valence-electron chi connectivity index (χ2n) is 4.66. The number of nitrogens with zero attached hydrogens (tertiary/aromatic N) is 1. The van der Waals surface area contributed by atoms with E-state index in [1.54, 1.807) is 0 Å². The van der Waals surface area contributed by atoms with Gasteiger partial charge in [0.2, 0.25) is 0 Å². The van der Waals surface area contributed by atoms with E-state index in [-0.39, 0.29) is 5.54 Å². The quantitative estimate of drug-likeness (QED) is 0.766. The summed E-state index contributed by atoms with van der Waals surface area (Å²) >= 11 is 2.07. The molecule has 0 aliphatic carbocycles. The zero-order chi connectivity index (χ0) is 10.7. The van der Waals surface area contributed by atoms with E-state index in [1.165, 1.54) is 18.1 Å². The Morgan fingerprint density at radius 1 is 1.47 bits per heavy atom. The van der Waals surface area contributed by atoms with Crippen molar-refractivity contribution in [3.8, 4) is 0 Å². The van der Waals surface area contributed by atoms with Gasteiger partial charge in [-0.2, -0.15) is 11.8 Å². The minimum Gasteiger partial charge on any atom is -0.381 e. The van der Waals surface area contributed by atoms with Crippen LogP contribution in [-0.2, 0) is 4.74 Å². The van der Waals surface area contributed by atoms with E-state index in [9.17, 15) is 0 Å². The first-order chi connectivity index (χ1) is 7.28. The van der Waals surface area contributed by atoms with Gasteiger partial charge in [0.25, 0.3) is 0 Å². The van der Waals surface area contributed by atoms with Crippen molar-refractivity contribution in [2.75, 3.05) is 37.8 Å².